The van der Waals surface area contributed by atoms with Crippen molar-refractivity contribution in [2.45, 2.75) is 18.4 Å². The molecule has 0 saturated carbocycles. The van der Waals surface area contributed by atoms with Gasteiger partial charge in [0.15, 0.2) is 0 Å². The van der Waals surface area contributed by atoms with Crippen LogP contribution in [0.3, 0.4) is 0 Å². The molecule has 0 amide bonds. The summed E-state index contributed by atoms with van der Waals surface area (Å²) in [5.41, 5.74) is 1.83. The molecule has 2 aromatic heterocycles. The Kier molecular flexibility index (Phi) is 4.41. The van der Waals surface area contributed by atoms with Crippen molar-refractivity contribution >= 4 is 0 Å². The fourth-order valence-electron chi connectivity index (χ4n) is 3.12. The van der Waals surface area contributed by atoms with Gasteiger partial charge in [-0.1, -0.05) is 0 Å². The summed E-state index contributed by atoms with van der Waals surface area (Å²) in [5.74, 6) is -0.122. The van der Waals surface area contributed by atoms with E-state index < -0.39 is 5.60 Å². The van der Waals surface area contributed by atoms with Gasteiger partial charge in [0.2, 0.25) is 0 Å². The zero-order chi connectivity index (χ0) is 18.9. The first-order valence-electron chi connectivity index (χ1n) is 8.55. The maximum Gasteiger partial charge on any atom is 0.123 e. The highest BCUT2D eigenvalue weighted by Crippen LogP contribution is 2.32. The number of H-pyrrole nitrogens is 1. The second-order valence-electron chi connectivity index (χ2n) is 6.56. The lowest BCUT2D eigenvalue weighted by Crippen LogP contribution is -2.30. The second kappa shape index (κ2) is 6.89. The number of imidazole rings is 1. The maximum absolute atomic E-state index is 13.3. The average molecular weight is 365 g/mol. The first kappa shape index (κ1) is 17.3. The Bertz CT molecular complexity index is 1010. The zero-order valence-electron chi connectivity index (χ0n) is 14.4. The smallest absolute Gasteiger partial charge is 0.123 e. The van der Waals surface area contributed by atoms with Crippen molar-refractivity contribution in [3.8, 4) is 22.5 Å². The van der Waals surface area contributed by atoms with E-state index in [1.54, 1.807) is 24.5 Å². The number of allylic oxidation sites excluding steroid dienone is 2. The molecule has 2 N–H and O–H groups in total. The lowest BCUT2D eigenvalue weighted by molar-refractivity contribution is 0.0902. The first-order chi connectivity index (χ1) is 13.0. The van der Waals surface area contributed by atoms with E-state index in [1.807, 2.05) is 12.1 Å². The third kappa shape index (κ3) is 3.71. The normalized spacial score (nSPS) is 19.1. The Hall–Kier alpha value is -3.12. The number of hydrogen-bond acceptors (Lipinski definition) is 3. The molecule has 0 radical (unpaired) electrons. The summed E-state index contributed by atoms with van der Waals surface area (Å²) in [6.45, 7) is 0. The molecular weight excluding hydrogens is 348 g/mol. The van der Waals surface area contributed by atoms with Crippen molar-refractivity contribution in [1.82, 2.24) is 15.0 Å². The minimum absolute atomic E-state index is 0.173. The molecule has 0 aliphatic heterocycles. The van der Waals surface area contributed by atoms with E-state index in [4.69, 9.17) is 0 Å². The fourth-order valence-corrected chi connectivity index (χ4v) is 3.12. The number of benzene rings is 1. The summed E-state index contributed by atoms with van der Waals surface area (Å²) in [6, 6.07) is 9.77. The largest absolute Gasteiger partial charge is 0.385 e. The van der Waals surface area contributed by atoms with Crippen LogP contribution in [0.5, 0.6) is 0 Å². The number of rotatable bonds is 4. The van der Waals surface area contributed by atoms with Gasteiger partial charge in [-0.3, -0.25) is 4.98 Å². The van der Waals surface area contributed by atoms with Crippen LogP contribution < -0.4 is 0 Å². The number of aromatic amines is 1. The topological polar surface area (TPSA) is 61.8 Å². The summed E-state index contributed by atoms with van der Waals surface area (Å²) < 4.78 is 26.5. The standard InChI is InChI=1S/C21H17F2N3O/c22-16-3-1-14(2-4-16)19-20(15-7-11-24-12-8-15)26-18(25-19)13-21(27)9-5-17(23)6-10-21/h1-9,11-12,27H,10,13H2,(H,25,26). The third-order valence-electron chi connectivity index (χ3n) is 4.52. The molecule has 0 fully saturated rings. The van der Waals surface area contributed by atoms with E-state index in [2.05, 4.69) is 15.0 Å². The van der Waals surface area contributed by atoms with Crippen LogP contribution in [-0.4, -0.2) is 25.7 Å². The average Bonchev–Trinajstić information content (AvgIpc) is 3.09. The van der Waals surface area contributed by atoms with E-state index in [0.29, 0.717) is 11.5 Å². The second-order valence-corrected chi connectivity index (χ2v) is 6.56. The maximum atomic E-state index is 13.3. The SMILES string of the molecule is OC1(Cc2nc(-c3ccc(F)cc3)c(-c3ccncc3)[nH]2)C=CC(F)=CC1. The Morgan fingerprint density at radius 1 is 1.04 bits per heavy atom. The Labute approximate surface area is 154 Å². The van der Waals surface area contributed by atoms with Crippen LogP contribution in [-0.2, 0) is 6.42 Å². The summed E-state index contributed by atoms with van der Waals surface area (Å²) in [6.07, 6.45) is 7.79. The van der Waals surface area contributed by atoms with Gasteiger partial charge in [0.25, 0.3) is 0 Å². The van der Waals surface area contributed by atoms with Crippen molar-refractivity contribution in [3.63, 3.8) is 0 Å². The van der Waals surface area contributed by atoms with Crippen LogP contribution in [0.15, 0.2) is 72.8 Å². The summed E-state index contributed by atoms with van der Waals surface area (Å²) >= 11 is 0. The molecule has 4 nitrogen and oxygen atoms in total. The Morgan fingerprint density at radius 2 is 1.78 bits per heavy atom. The molecular formula is C21H17F2N3O. The fraction of sp³-hybridized carbons (Fsp3) is 0.143. The molecule has 4 rings (SSSR count). The third-order valence-corrected chi connectivity index (χ3v) is 4.52. The van der Waals surface area contributed by atoms with Gasteiger partial charge in [-0.05, 0) is 54.6 Å². The minimum atomic E-state index is -1.21. The van der Waals surface area contributed by atoms with Crippen LogP contribution in [0, 0.1) is 5.82 Å². The van der Waals surface area contributed by atoms with Gasteiger partial charge < -0.3 is 10.1 Å². The number of nitrogens with one attached hydrogen (secondary N) is 1. The Balaban J connectivity index is 1.74. The summed E-state index contributed by atoms with van der Waals surface area (Å²) in [5, 5.41) is 10.7. The van der Waals surface area contributed by atoms with Crippen LogP contribution in [0.2, 0.25) is 0 Å². The van der Waals surface area contributed by atoms with E-state index in [9.17, 15) is 13.9 Å². The molecule has 1 aliphatic rings. The van der Waals surface area contributed by atoms with Crippen LogP contribution in [0.4, 0.5) is 8.78 Å². The Morgan fingerprint density at radius 3 is 2.44 bits per heavy atom. The zero-order valence-corrected chi connectivity index (χ0v) is 14.4. The molecule has 1 atom stereocenters. The number of aromatic nitrogens is 3. The van der Waals surface area contributed by atoms with E-state index in [1.165, 1.54) is 30.4 Å². The summed E-state index contributed by atoms with van der Waals surface area (Å²) in [7, 11) is 0. The molecule has 27 heavy (non-hydrogen) atoms. The van der Waals surface area contributed by atoms with Crippen LogP contribution in [0.25, 0.3) is 22.5 Å². The molecule has 0 bridgehead atoms. The van der Waals surface area contributed by atoms with Crippen molar-refractivity contribution in [1.29, 1.82) is 0 Å². The van der Waals surface area contributed by atoms with Gasteiger partial charge in [0.05, 0.1) is 17.0 Å². The van der Waals surface area contributed by atoms with Gasteiger partial charge >= 0.3 is 0 Å². The number of hydrogen-bond donors (Lipinski definition) is 2. The molecule has 6 heteroatoms. The highest BCUT2D eigenvalue weighted by molar-refractivity contribution is 5.78. The van der Waals surface area contributed by atoms with Gasteiger partial charge in [-0.2, -0.15) is 0 Å². The van der Waals surface area contributed by atoms with E-state index >= 15 is 0 Å². The molecule has 0 saturated heterocycles. The molecule has 1 aromatic carbocycles. The van der Waals surface area contributed by atoms with Crippen molar-refractivity contribution in [2.75, 3.05) is 0 Å². The predicted octanol–water partition coefficient (Wildman–Crippen LogP) is 4.36. The monoisotopic (exact) mass is 365 g/mol. The van der Waals surface area contributed by atoms with Crippen LogP contribution >= 0.6 is 0 Å². The van der Waals surface area contributed by atoms with Gasteiger partial charge in [0, 0.05) is 36.4 Å². The quantitative estimate of drug-likeness (QED) is 0.722. The van der Waals surface area contributed by atoms with Gasteiger partial charge in [-0.15, -0.1) is 0 Å². The van der Waals surface area contributed by atoms with Crippen LogP contribution in [0.1, 0.15) is 12.2 Å². The number of halogens is 2. The predicted molar refractivity (Wildman–Crippen MR) is 98.8 cm³/mol. The van der Waals surface area contributed by atoms with Crippen molar-refractivity contribution in [3.05, 3.63) is 84.5 Å². The van der Waals surface area contributed by atoms with Crippen molar-refractivity contribution in [2.24, 2.45) is 0 Å². The minimum Gasteiger partial charge on any atom is -0.385 e. The molecule has 1 unspecified atom stereocenters. The lowest BCUT2D eigenvalue weighted by atomic mass is 9.91. The highest BCUT2D eigenvalue weighted by atomic mass is 19.1. The summed E-state index contributed by atoms with van der Waals surface area (Å²) in [4.78, 5) is 11.9. The van der Waals surface area contributed by atoms with Gasteiger partial charge in [0.1, 0.15) is 17.5 Å². The van der Waals surface area contributed by atoms with E-state index in [-0.39, 0.29) is 24.5 Å². The number of pyridine rings is 1. The number of aliphatic hydroxyl groups is 1. The molecule has 136 valence electrons. The van der Waals surface area contributed by atoms with Gasteiger partial charge in [-0.25, -0.2) is 13.8 Å². The van der Waals surface area contributed by atoms with Crippen molar-refractivity contribution < 1.29 is 13.9 Å². The molecule has 2 heterocycles. The molecule has 3 aromatic rings. The molecule has 0 spiro atoms. The lowest BCUT2D eigenvalue weighted by Gasteiger charge is -2.24. The number of nitrogens with zero attached hydrogens (tertiary/aromatic N) is 2. The molecule has 1 aliphatic carbocycles. The van der Waals surface area contributed by atoms with E-state index in [0.717, 1.165) is 16.8 Å². The highest BCUT2D eigenvalue weighted by Gasteiger charge is 2.28. The first-order valence-corrected chi connectivity index (χ1v) is 8.55.